The Morgan fingerprint density at radius 1 is 1.17 bits per heavy atom. The fourth-order valence-electron chi connectivity index (χ4n) is 5.20. The van der Waals surface area contributed by atoms with Gasteiger partial charge in [0.1, 0.15) is 11.4 Å². The number of carbonyl (C=O) groups is 1. The molecule has 0 spiro atoms. The molecule has 4 rings (SSSR count). The summed E-state index contributed by atoms with van der Waals surface area (Å²) in [6.07, 6.45) is 5.94. The molecule has 0 atom stereocenters. The normalized spacial score (nSPS) is 21.2. The highest BCUT2D eigenvalue weighted by Gasteiger charge is 2.35. The van der Waals surface area contributed by atoms with Crippen molar-refractivity contribution in [3.8, 4) is 5.88 Å². The van der Waals surface area contributed by atoms with Gasteiger partial charge in [0.15, 0.2) is 11.5 Å². The van der Waals surface area contributed by atoms with Gasteiger partial charge in [0, 0.05) is 12.0 Å². The number of aliphatic hydroxyl groups is 1. The Balaban J connectivity index is 1.37. The topological polar surface area (TPSA) is 123 Å². The number of anilines is 1. The van der Waals surface area contributed by atoms with E-state index in [1.807, 2.05) is 27.7 Å². The van der Waals surface area contributed by atoms with E-state index >= 15 is 0 Å². The number of nitrogens with zero attached hydrogens (tertiary/aromatic N) is 3. The minimum atomic E-state index is -0.640. The predicted octanol–water partition coefficient (Wildman–Crippen LogP) is 4.60. The summed E-state index contributed by atoms with van der Waals surface area (Å²) in [5.74, 6) is 2.45. The summed E-state index contributed by atoms with van der Waals surface area (Å²) in [6, 6.07) is 8.64. The van der Waals surface area contributed by atoms with Crippen molar-refractivity contribution in [2.45, 2.75) is 90.2 Å². The monoisotopic (exact) mass is 493 g/mol. The Kier molecular flexibility index (Phi) is 7.36. The molecule has 4 N–H and O–H groups in total. The molecule has 1 amide bonds. The molecule has 0 unspecified atom stereocenters. The number of hydrogen-bond acceptors (Lipinski definition) is 7. The number of amides is 1. The van der Waals surface area contributed by atoms with Crippen molar-refractivity contribution in [3.05, 3.63) is 41.2 Å². The Morgan fingerprint density at radius 3 is 2.47 bits per heavy atom. The van der Waals surface area contributed by atoms with E-state index in [0.717, 1.165) is 43.4 Å². The van der Waals surface area contributed by atoms with Gasteiger partial charge in [-0.15, -0.1) is 0 Å². The number of benzene rings is 1. The van der Waals surface area contributed by atoms with Gasteiger partial charge in [0.05, 0.1) is 17.9 Å². The van der Waals surface area contributed by atoms with Crippen LogP contribution in [0.5, 0.6) is 5.88 Å². The summed E-state index contributed by atoms with van der Waals surface area (Å²) in [4.78, 5) is 25.6. The van der Waals surface area contributed by atoms with Crippen molar-refractivity contribution >= 4 is 23.1 Å². The van der Waals surface area contributed by atoms with Gasteiger partial charge in [-0.05, 0) is 84.1 Å². The molecule has 0 saturated heterocycles. The average Bonchev–Trinajstić information content (AvgIpc) is 2.82. The number of nitrogens with two attached hydrogens (primary N) is 1. The van der Waals surface area contributed by atoms with Crippen molar-refractivity contribution < 1.29 is 14.6 Å². The summed E-state index contributed by atoms with van der Waals surface area (Å²) >= 11 is 0. The quantitative estimate of drug-likeness (QED) is 0.518. The molecule has 1 aromatic carbocycles. The Hall–Kier alpha value is -3.00. The second-order valence-corrected chi connectivity index (χ2v) is 11.4. The van der Waals surface area contributed by atoms with Crippen molar-refractivity contribution in [3.63, 3.8) is 0 Å². The van der Waals surface area contributed by atoms with Gasteiger partial charge in [0.25, 0.3) is 0 Å². The fraction of sp³-hybridized carbons (Fsp3) is 0.571. The zero-order valence-corrected chi connectivity index (χ0v) is 22.1. The van der Waals surface area contributed by atoms with Crippen molar-refractivity contribution in [2.75, 3.05) is 12.3 Å². The molecular formula is C28H39N5O3. The average molecular weight is 494 g/mol. The van der Waals surface area contributed by atoms with Gasteiger partial charge in [-0.3, -0.25) is 4.79 Å². The number of carbonyl (C=O) groups excluding carboxylic acids is 1. The molecule has 8 heteroatoms. The van der Waals surface area contributed by atoms with Crippen LogP contribution in [0.25, 0.3) is 0 Å². The van der Waals surface area contributed by atoms with E-state index in [2.05, 4.69) is 39.6 Å². The molecule has 1 aliphatic heterocycles. The second kappa shape index (κ2) is 10.2. The Morgan fingerprint density at radius 2 is 1.83 bits per heavy atom. The van der Waals surface area contributed by atoms with Crippen LogP contribution in [0.1, 0.15) is 89.1 Å². The van der Waals surface area contributed by atoms with Crippen LogP contribution >= 0.6 is 0 Å². The summed E-state index contributed by atoms with van der Waals surface area (Å²) in [5, 5.41) is 12.2. The van der Waals surface area contributed by atoms with Crippen LogP contribution in [0.3, 0.4) is 0 Å². The molecule has 2 aromatic rings. The maximum atomic E-state index is 12.2. The number of nitrogen functional groups attached to an aromatic ring is 1. The minimum Gasteiger partial charge on any atom is -0.463 e. The number of ether oxygens (including phenoxy) is 1. The van der Waals surface area contributed by atoms with Crippen molar-refractivity contribution in [1.82, 2.24) is 15.3 Å². The lowest BCUT2D eigenvalue weighted by Gasteiger charge is -2.32. The van der Waals surface area contributed by atoms with Crippen LogP contribution in [0.15, 0.2) is 29.3 Å². The van der Waals surface area contributed by atoms with Gasteiger partial charge in [-0.1, -0.05) is 24.3 Å². The van der Waals surface area contributed by atoms with E-state index in [1.54, 1.807) is 6.92 Å². The summed E-state index contributed by atoms with van der Waals surface area (Å²) < 4.78 is 6.18. The van der Waals surface area contributed by atoms with Crippen LogP contribution < -0.4 is 15.8 Å². The first-order valence-electron chi connectivity index (χ1n) is 12.9. The first kappa shape index (κ1) is 26.1. The van der Waals surface area contributed by atoms with Gasteiger partial charge < -0.3 is 20.9 Å². The third kappa shape index (κ3) is 5.86. The van der Waals surface area contributed by atoms with Gasteiger partial charge in [-0.2, -0.15) is 4.98 Å². The van der Waals surface area contributed by atoms with Crippen LogP contribution in [-0.4, -0.2) is 44.4 Å². The highest BCUT2D eigenvalue weighted by Crippen LogP contribution is 2.41. The molecule has 1 saturated carbocycles. The lowest BCUT2D eigenvalue weighted by molar-refractivity contribution is -0.123. The van der Waals surface area contributed by atoms with Crippen LogP contribution in [0.2, 0.25) is 0 Å². The Bertz CT molecular complexity index is 1130. The number of hydrogen-bond donors (Lipinski definition) is 3. The molecule has 1 aromatic heterocycles. The number of nitrogens with one attached hydrogen (secondary N) is 1. The lowest BCUT2D eigenvalue weighted by atomic mass is 9.77. The van der Waals surface area contributed by atoms with Gasteiger partial charge in [0.2, 0.25) is 11.8 Å². The largest absolute Gasteiger partial charge is 0.463 e. The fourth-order valence-corrected chi connectivity index (χ4v) is 5.20. The molecule has 0 bridgehead atoms. The molecular weight excluding hydrogens is 454 g/mol. The summed E-state index contributed by atoms with van der Waals surface area (Å²) in [7, 11) is 0. The minimum absolute atomic E-state index is 0.0235. The zero-order valence-electron chi connectivity index (χ0n) is 22.1. The van der Waals surface area contributed by atoms with E-state index in [1.165, 1.54) is 5.56 Å². The lowest BCUT2D eigenvalue weighted by Crippen LogP contribution is -2.46. The summed E-state index contributed by atoms with van der Waals surface area (Å²) in [5.41, 5.74) is 8.55. The first-order valence-corrected chi connectivity index (χ1v) is 12.9. The maximum absolute atomic E-state index is 12.2. The van der Waals surface area contributed by atoms with Gasteiger partial charge in [-0.25, -0.2) is 9.98 Å². The van der Waals surface area contributed by atoms with Crippen LogP contribution in [0, 0.1) is 12.8 Å². The molecule has 36 heavy (non-hydrogen) atoms. The number of aliphatic imine (C=N–C) groups is 1. The van der Waals surface area contributed by atoms with Crippen molar-refractivity contribution in [2.24, 2.45) is 10.9 Å². The van der Waals surface area contributed by atoms with E-state index in [0.29, 0.717) is 41.5 Å². The molecule has 8 nitrogen and oxygen atoms in total. The molecule has 194 valence electrons. The second-order valence-electron chi connectivity index (χ2n) is 11.4. The van der Waals surface area contributed by atoms with Crippen LogP contribution in [0.4, 0.5) is 11.5 Å². The molecule has 1 aliphatic carbocycles. The third-order valence-electron chi connectivity index (χ3n) is 7.29. The number of rotatable bonds is 7. The standard InChI is InChI=1S/C28H39N5O3/c1-17-30-25(29)23-26(31-17)36-28(4,5)24(32-23)21-13-11-20(12-14-21)19-9-6-18(7-10-19)8-15-22(35)33-27(2,3)16-34/h11-14,18-19,34H,6-10,15-16H2,1-5H3,(H,33,35)(H2,29,30,31). The van der Waals surface area contributed by atoms with Gasteiger partial charge >= 0.3 is 0 Å². The maximum Gasteiger partial charge on any atom is 0.246 e. The number of aliphatic hydroxyl groups excluding tert-OH is 1. The number of fused-ring (bicyclic) bond motifs is 1. The van der Waals surface area contributed by atoms with Crippen molar-refractivity contribution in [1.29, 1.82) is 0 Å². The molecule has 2 aliphatic rings. The first-order chi connectivity index (χ1) is 17.0. The molecule has 0 radical (unpaired) electrons. The Labute approximate surface area is 213 Å². The van der Waals surface area contributed by atoms with E-state index in [4.69, 9.17) is 15.5 Å². The smallest absolute Gasteiger partial charge is 0.246 e. The highest BCUT2D eigenvalue weighted by molar-refractivity contribution is 6.09. The molecule has 1 fully saturated rings. The zero-order chi connectivity index (χ0) is 26.1. The van der Waals surface area contributed by atoms with Crippen LogP contribution in [-0.2, 0) is 4.79 Å². The highest BCUT2D eigenvalue weighted by atomic mass is 16.5. The number of aromatic nitrogens is 2. The predicted molar refractivity (Wildman–Crippen MR) is 142 cm³/mol. The number of aryl methyl sites for hydroxylation is 1. The van der Waals surface area contributed by atoms with E-state index < -0.39 is 11.1 Å². The SMILES string of the molecule is Cc1nc(N)c2c(n1)OC(C)(C)C(c1ccc(C3CCC(CCC(=O)NC(C)(C)CO)CC3)cc1)=N2. The van der Waals surface area contributed by atoms with E-state index in [9.17, 15) is 9.90 Å². The molecule has 2 heterocycles. The third-order valence-corrected chi connectivity index (χ3v) is 7.29. The van der Waals surface area contributed by atoms with E-state index in [-0.39, 0.29) is 12.5 Å². The summed E-state index contributed by atoms with van der Waals surface area (Å²) in [6.45, 7) is 9.37.